The van der Waals surface area contributed by atoms with Crippen molar-refractivity contribution in [1.82, 2.24) is 4.90 Å². The molecule has 0 amide bonds. The van der Waals surface area contributed by atoms with Crippen molar-refractivity contribution in [2.45, 2.75) is 57.1 Å². The molecule has 0 unspecified atom stereocenters. The van der Waals surface area contributed by atoms with E-state index in [1.807, 2.05) is 0 Å². The summed E-state index contributed by atoms with van der Waals surface area (Å²) >= 11 is 0. The molecule has 2 aliphatic carbocycles. The molecule has 0 spiro atoms. The zero-order valence-electron chi connectivity index (χ0n) is 11.5. The molecule has 0 heterocycles. The van der Waals surface area contributed by atoms with E-state index in [4.69, 9.17) is 10.5 Å². The third kappa shape index (κ3) is 2.83. The predicted molar refractivity (Wildman–Crippen MR) is 71.0 cm³/mol. The van der Waals surface area contributed by atoms with E-state index in [0.717, 1.165) is 31.9 Å². The van der Waals surface area contributed by atoms with Gasteiger partial charge in [0, 0.05) is 25.2 Å². The molecule has 2 fully saturated rings. The predicted octanol–water partition coefficient (Wildman–Crippen LogP) is 2.00. The Morgan fingerprint density at radius 2 is 1.94 bits per heavy atom. The molecule has 0 bridgehead atoms. The third-order valence-electron chi connectivity index (χ3n) is 4.81. The Hall–Kier alpha value is -0.120. The zero-order chi connectivity index (χ0) is 12.3. The van der Waals surface area contributed by atoms with Crippen LogP contribution in [0.25, 0.3) is 0 Å². The van der Waals surface area contributed by atoms with Crippen LogP contribution in [-0.2, 0) is 4.74 Å². The molecule has 0 aromatic carbocycles. The van der Waals surface area contributed by atoms with Crippen LogP contribution in [0, 0.1) is 5.92 Å². The summed E-state index contributed by atoms with van der Waals surface area (Å²) in [6.45, 7) is 4.91. The van der Waals surface area contributed by atoms with Crippen LogP contribution < -0.4 is 5.73 Å². The molecule has 0 atom stereocenters. The molecule has 2 N–H and O–H groups in total. The number of nitrogens with zero attached hydrogens (tertiary/aromatic N) is 1. The SMILES string of the molecule is CCOC1CC(CN)(N(C)CC2CCCC2)C1. The van der Waals surface area contributed by atoms with Crippen molar-refractivity contribution in [3.8, 4) is 0 Å². The van der Waals surface area contributed by atoms with E-state index in [9.17, 15) is 0 Å². The Morgan fingerprint density at radius 1 is 1.29 bits per heavy atom. The van der Waals surface area contributed by atoms with E-state index in [1.165, 1.54) is 32.2 Å². The molecule has 3 nitrogen and oxygen atoms in total. The maximum absolute atomic E-state index is 6.01. The largest absolute Gasteiger partial charge is 0.378 e. The van der Waals surface area contributed by atoms with E-state index in [1.54, 1.807) is 0 Å². The maximum atomic E-state index is 6.01. The molecule has 0 radical (unpaired) electrons. The van der Waals surface area contributed by atoms with Gasteiger partial charge in [0.25, 0.3) is 0 Å². The van der Waals surface area contributed by atoms with Gasteiger partial charge in [0.05, 0.1) is 6.10 Å². The maximum Gasteiger partial charge on any atom is 0.0611 e. The van der Waals surface area contributed by atoms with E-state index < -0.39 is 0 Å². The van der Waals surface area contributed by atoms with Gasteiger partial charge >= 0.3 is 0 Å². The van der Waals surface area contributed by atoms with Gasteiger partial charge in [0.15, 0.2) is 0 Å². The molecule has 0 aromatic rings. The Labute approximate surface area is 106 Å². The first kappa shape index (κ1) is 13.3. The van der Waals surface area contributed by atoms with Gasteiger partial charge in [-0.05, 0) is 45.6 Å². The van der Waals surface area contributed by atoms with Crippen LogP contribution in [0.4, 0.5) is 0 Å². The summed E-state index contributed by atoms with van der Waals surface area (Å²) in [5.74, 6) is 0.912. The number of likely N-dealkylation sites (N-methyl/N-ethyl adjacent to an activating group) is 1. The van der Waals surface area contributed by atoms with E-state index >= 15 is 0 Å². The average Bonchev–Trinajstić information content (AvgIpc) is 2.75. The van der Waals surface area contributed by atoms with Gasteiger partial charge in [0.1, 0.15) is 0 Å². The lowest BCUT2D eigenvalue weighted by atomic mass is 9.72. The monoisotopic (exact) mass is 240 g/mol. The highest BCUT2D eigenvalue weighted by Crippen LogP contribution is 2.39. The summed E-state index contributed by atoms with van der Waals surface area (Å²) in [4.78, 5) is 2.53. The van der Waals surface area contributed by atoms with Crippen LogP contribution in [0.1, 0.15) is 45.4 Å². The van der Waals surface area contributed by atoms with Gasteiger partial charge in [-0.2, -0.15) is 0 Å². The van der Waals surface area contributed by atoms with Crippen molar-refractivity contribution in [3.63, 3.8) is 0 Å². The minimum absolute atomic E-state index is 0.239. The second kappa shape index (κ2) is 5.68. The Bertz CT molecular complexity index is 232. The minimum Gasteiger partial charge on any atom is -0.378 e. The van der Waals surface area contributed by atoms with Crippen molar-refractivity contribution >= 4 is 0 Å². The van der Waals surface area contributed by atoms with E-state index in [-0.39, 0.29) is 5.54 Å². The van der Waals surface area contributed by atoms with Crippen LogP contribution in [0.2, 0.25) is 0 Å². The average molecular weight is 240 g/mol. The zero-order valence-corrected chi connectivity index (χ0v) is 11.5. The second-order valence-electron chi connectivity index (χ2n) is 5.95. The molecular formula is C14H28N2O. The number of nitrogens with two attached hydrogens (primary N) is 1. The highest BCUT2D eigenvalue weighted by molar-refractivity contribution is 5.04. The quantitative estimate of drug-likeness (QED) is 0.772. The molecular weight excluding hydrogens is 212 g/mol. The van der Waals surface area contributed by atoms with Crippen molar-refractivity contribution in [2.24, 2.45) is 11.7 Å². The number of rotatable bonds is 6. The van der Waals surface area contributed by atoms with Crippen LogP contribution >= 0.6 is 0 Å². The lowest BCUT2D eigenvalue weighted by Crippen LogP contribution is -2.63. The molecule has 2 saturated carbocycles. The molecule has 2 rings (SSSR count). The fourth-order valence-electron chi connectivity index (χ4n) is 3.55. The summed E-state index contributed by atoms with van der Waals surface area (Å²) in [6.07, 6.45) is 8.39. The first-order valence-electron chi connectivity index (χ1n) is 7.23. The van der Waals surface area contributed by atoms with Gasteiger partial charge in [-0.15, -0.1) is 0 Å². The standard InChI is InChI=1S/C14H28N2O/c1-3-17-13-8-14(9-13,11-15)16(2)10-12-6-4-5-7-12/h12-13H,3-11,15H2,1-2H3. The summed E-state index contributed by atoms with van der Waals surface area (Å²) < 4.78 is 5.67. The highest BCUT2D eigenvalue weighted by atomic mass is 16.5. The highest BCUT2D eigenvalue weighted by Gasteiger charge is 2.47. The molecule has 0 saturated heterocycles. The molecule has 0 aliphatic heterocycles. The van der Waals surface area contributed by atoms with Gasteiger partial charge < -0.3 is 10.5 Å². The van der Waals surface area contributed by atoms with Gasteiger partial charge in [-0.3, -0.25) is 4.90 Å². The number of hydrogen-bond acceptors (Lipinski definition) is 3. The first-order chi connectivity index (χ1) is 8.20. The number of hydrogen-bond donors (Lipinski definition) is 1. The van der Waals surface area contributed by atoms with Gasteiger partial charge in [0.2, 0.25) is 0 Å². The van der Waals surface area contributed by atoms with Crippen molar-refractivity contribution < 1.29 is 4.74 Å². The van der Waals surface area contributed by atoms with E-state index in [0.29, 0.717) is 6.10 Å². The lowest BCUT2D eigenvalue weighted by molar-refractivity contribution is -0.0952. The second-order valence-corrected chi connectivity index (χ2v) is 5.95. The summed E-state index contributed by atoms with van der Waals surface area (Å²) in [5, 5.41) is 0. The Morgan fingerprint density at radius 3 is 2.47 bits per heavy atom. The summed E-state index contributed by atoms with van der Waals surface area (Å²) in [6, 6.07) is 0. The lowest BCUT2D eigenvalue weighted by Gasteiger charge is -2.53. The first-order valence-corrected chi connectivity index (χ1v) is 7.23. The Kier molecular flexibility index (Phi) is 4.45. The summed E-state index contributed by atoms with van der Waals surface area (Å²) in [5.41, 5.74) is 6.24. The van der Waals surface area contributed by atoms with E-state index in [2.05, 4.69) is 18.9 Å². The van der Waals surface area contributed by atoms with Crippen molar-refractivity contribution in [3.05, 3.63) is 0 Å². The fraction of sp³-hybridized carbons (Fsp3) is 1.00. The molecule has 0 aromatic heterocycles. The fourth-order valence-corrected chi connectivity index (χ4v) is 3.55. The summed E-state index contributed by atoms with van der Waals surface area (Å²) in [7, 11) is 2.26. The van der Waals surface area contributed by atoms with Crippen LogP contribution in [0.5, 0.6) is 0 Å². The Balaban J connectivity index is 1.81. The normalized spacial score (nSPS) is 34.2. The van der Waals surface area contributed by atoms with Crippen LogP contribution in [-0.4, -0.2) is 43.3 Å². The van der Waals surface area contributed by atoms with Gasteiger partial charge in [-0.25, -0.2) is 0 Å². The van der Waals surface area contributed by atoms with Crippen molar-refractivity contribution in [1.29, 1.82) is 0 Å². The smallest absolute Gasteiger partial charge is 0.0611 e. The van der Waals surface area contributed by atoms with Crippen molar-refractivity contribution in [2.75, 3.05) is 26.7 Å². The number of ether oxygens (including phenoxy) is 1. The minimum atomic E-state index is 0.239. The van der Waals surface area contributed by atoms with Crippen LogP contribution in [0.15, 0.2) is 0 Å². The van der Waals surface area contributed by atoms with Crippen LogP contribution in [0.3, 0.4) is 0 Å². The molecule has 3 heteroatoms. The third-order valence-corrected chi connectivity index (χ3v) is 4.81. The topological polar surface area (TPSA) is 38.5 Å². The molecule has 2 aliphatic rings. The molecule has 17 heavy (non-hydrogen) atoms. The van der Waals surface area contributed by atoms with Gasteiger partial charge in [-0.1, -0.05) is 12.8 Å². The molecule has 100 valence electrons.